The molecule has 1 aromatic heterocycles. The second-order valence-electron chi connectivity index (χ2n) is 5.35. The van der Waals surface area contributed by atoms with Crippen molar-refractivity contribution in [1.82, 2.24) is 4.98 Å². The van der Waals surface area contributed by atoms with Crippen LogP contribution in [-0.4, -0.2) is 4.98 Å². The van der Waals surface area contributed by atoms with Crippen molar-refractivity contribution in [2.75, 3.05) is 5.73 Å². The number of benzene rings is 2. The Kier molecular flexibility index (Phi) is 2.94. The van der Waals surface area contributed by atoms with Gasteiger partial charge in [0.15, 0.2) is 5.58 Å². The van der Waals surface area contributed by atoms with Gasteiger partial charge in [-0.2, -0.15) is 0 Å². The third-order valence-electron chi connectivity index (χ3n) is 3.54. The number of hydrogen-bond donors (Lipinski definition) is 1. The third-order valence-corrected chi connectivity index (χ3v) is 3.86. The quantitative estimate of drug-likeness (QED) is 0.711. The van der Waals surface area contributed by atoms with Gasteiger partial charge in [-0.1, -0.05) is 41.9 Å². The van der Waals surface area contributed by atoms with Crippen molar-refractivity contribution in [3.63, 3.8) is 0 Å². The monoisotopic (exact) mass is 286 g/mol. The van der Waals surface area contributed by atoms with Crippen LogP contribution in [0.2, 0.25) is 5.02 Å². The molecule has 0 atom stereocenters. The van der Waals surface area contributed by atoms with Gasteiger partial charge in [0.05, 0.1) is 16.1 Å². The normalized spacial score (nSPS) is 11.9. The summed E-state index contributed by atoms with van der Waals surface area (Å²) >= 11 is 6.02. The Morgan fingerprint density at radius 3 is 2.55 bits per heavy atom. The summed E-state index contributed by atoms with van der Waals surface area (Å²) in [7, 11) is 0. The zero-order chi connectivity index (χ0) is 14.3. The summed E-state index contributed by atoms with van der Waals surface area (Å²) in [6.45, 7) is 4.16. The number of halogens is 1. The topological polar surface area (TPSA) is 52.0 Å². The molecule has 4 heteroatoms. The van der Waals surface area contributed by atoms with E-state index in [2.05, 4.69) is 31.0 Å². The fourth-order valence-electron chi connectivity index (χ4n) is 2.21. The Morgan fingerprint density at radius 2 is 1.85 bits per heavy atom. The number of nitrogens with zero attached hydrogens (tertiary/aromatic N) is 1. The fraction of sp³-hybridized carbons (Fsp3) is 0.188. The molecule has 3 nitrogen and oxygen atoms in total. The molecule has 2 aromatic carbocycles. The maximum Gasteiger partial charge on any atom is 0.205 e. The van der Waals surface area contributed by atoms with Crippen LogP contribution < -0.4 is 5.73 Å². The second kappa shape index (κ2) is 4.53. The van der Waals surface area contributed by atoms with E-state index >= 15 is 0 Å². The van der Waals surface area contributed by atoms with Crippen LogP contribution >= 0.6 is 11.6 Å². The van der Waals surface area contributed by atoms with Crippen molar-refractivity contribution in [3.05, 3.63) is 58.9 Å². The molecule has 0 saturated heterocycles. The molecule has 0 fully saturated rings. The Balaban J connectivity index is 2.15. The van der Waals surface area contributed by atoms with Crippen LogP contribution in [0.1, 0.15) is 25.3 Å². The summed E-state index contributed by atoms with van der Waals surface area (Å²) in [5, 5.41) is 0.495. The zero-order valence-corrected chi connectivity index (χ0v) is 12.1. The first-order valence-corrected chi connectivity index (χ1v) is 6.78. The molecule has 0 unspecified atom stereocenters. The van der Waals surface area contributed by atoms with Crippen LogP contribution in [-0.2, 0) is 5.41 Å². The minimum absolute atomic E-state index is 0.318. The summed E-state index contributed by atoms with van der Waals surface area (Å²) in [6, 6.07) is 13.6. The molecule has 0 aliphatic heterocycles. The van der Waals surface area contributed by atoms with Gasteiger partial charge in [-0.15, -0.1) is 0 Å². The van der Waals surface area contributed by atoms with Gasteiger partial charge in [0.1, 0.15) is 5.52 Å². The molecule has 0 spiro atoms. The smallest absolute Gasteiger partial charge is 0.205 e. The van der Waals surface area contributed by atoms with Crippen molar-refractivity contribution in [2.45, 2.75) is 19.3 Å². The number of nitrogens with two attached hydrogens (primary N) is 1. The van der Waals surface area contributed by atoms with E-state index in [1.165, 1.54) is 0 Å². The number of fused-ring (bicyclic) bond motifs is 1. The molecule has 0 amide bonds. The lowest BCUT2D eigenvalue weighted by Gasteiger charge is -2.20. The number of nitrogen functional groups attached to an aromatic ring is 1. The van der Waals surface area contributed by atoms with Crippen LogP contribution in [0.5, 0.6) is 0 Å². The maximum absolute atomic E-state index is 6.02. The van der Waals surface area contributed by atoms with E-state index in [-0.39, 0.29) is 5.41 Å². The lowest BCUT2D eigenvalue weighted by atomic mass is 9.84. The first-order chi connectivity index (χ1) is 9.48. The van der Waals surface area contributed by atoms with Crippen LogP contribution in [0.3, 0.4) is 0 Å². The standard InChI is InChI=1S/C16H15ClN2O/c1-16(2,10-6-4-3-5-7-10)15-19-13-8-11(17)12(18)9-14(13)20-15/h3-9H,18H2,1-2H3. The molecule has 0 aliphatic carbocycles. The van der Waals surface area contributed by atoms with E-state index in [0.29, 0.717) is 22.2 Å². The minimum atomic E-state index is -0.318. The number of anilines is 1. The summed E-state index contributed by atoms with van der Waals surface area (Å²) < 4.78 is 5.87. The lowest BCUT2D eigenvalue weighted by Crippen LogP contribution is -2.19. The summed E-state index contributed by atoms with van der Waals surface area (Å²) in [5.41, 5.74) is 8.50. The maximum atomic E-state index is 6.02. The van der Waals surface area contributed by atoms with Gasteiger partial charge in [0, 0.05) is 6.07 Å². The van der Waals surface area contributed by atoms with E-state index in [0.717, 1.165) is 11.1 Å². The molecule has 1 heterocycles. The van der Waals surface area contributed by atoms with Gasteiger partial charge in [-0.05, 0) is 25.5 Å². The van der Waals surface area contributed by atoms with Crippen LogP contribution in [0.15, 0.2) is 46.9 Å². The minimum Gasteiger partial charge on any atom is -0.440 e. The summed E-state index contributed by atoms with van der Waals surface area (Å²) in [4.78, 5) is 4.56. The first kappa shape index (κ1) is 13.0. The molecular formula is C16H15ClN2O. The average Bonchev–Trinajstić information content (AvgIpc) is 2.84. The Morgan fingerprint density at radius 1 is 1.15 bits per heavy atom. The highest BCUT2D eigenvalue weighted by molar-refractivity contribution is 6.33. The van der Waals surface area contributed by atoms with Gasteiger partial charge in [0.25, 0.3) is 0 Å². The molecule has 0 radical (unpaired) electrons. The predicted octanol–water partition coefficient (Wildman–Crippen LogP) is 4.39. The second-order valence-corrected chi connectivity index (χ2v) is 5.76. The summed E-state index contributed by atoms with van der Waals surface area (Å²) in [6.07, 6.45) is 0. The van der Waals surface area contributed by atoms with Gasteiger partial charge in [0.2, 0.25) is 5.89 Å². The number of rotatable bonds is 2. The molecule has 20 heavy (non-hydrogen) atoms. The number of oxazole rings is 1. The van der Waals surface area contributed by atoms with Crippen molar-refractivity contribution in [1.29, 1.82) is 0 Å². The molecule has 2 N–H and O–H groups in total. The van der Waals surface area contributed by atoms with Crippen molar-refractivity contribution >= 4 is 28.4 Å². The number of hydrogen-bond acceptors (Lipinski definition) is 3. The highest BCUT2D eigenvalue weighted by Gasteiger charge is 2.29. The molecule has 0 aliphatic rings. The van der Waals surface area contributed by atoms with Gasteiger partial charge >= 0.3 is 0 Å². The molecular weight excluding hydrogens is 272 g/mol. The SMILES string of the molecule is CC(C)(c1ccccc1)c1nc2cc(Cl)c(N)cc2o1. The van der Waals surface area contributed by atoms with E-state index in [1.54, 1.807) is 12.1 Å². The number of aromatic nitrogens is 1. The molecule has 0 bridgehead atoms. The first-order valence-electron chi connectivity index (χ1n) is 6.40. The largest absolute Gasteiger partial charge is 0.440 e. The van der Waals surface area contributed by atoms with E-state index in [9.17, 15) is 0 Å². The van der Waals surface area contributed by atoms with Crippen molar-refractivity contribution in [3.8, 4) is 0 Å². The fourth-order valence-corrected chi connectivity index (χ4v) is 2.37. The molecule has 0 saturated carbocycles. The van der Waals surface area contributed by atoms with Crippen LogP contribution in [0, 0.1) is 0 Å². The van der Waals surface area contributed by atoms with Crippen molar-refractivity contribution < 1.29 is 4.42 Å². The Labute approximate surface area is 122 Å². The van der Waals surface area contributed by atoms with Gasteiger partial charge in [-0.25, -0.2) is 4.98 Å². The Hall–Kier alpha value is -2.00. The lowest BCUT2D eigenvalue weighted by molar-refractivity contribution is 0.433. The van der Waals surface area contributed by atoms with E-state index in [4.69, 9.17) is 21.8 Å². The predicted molar refractivity (Wildman–Crippen MR) is 82.0 cm³/mol. The summed E-state index contributed by atoms with van der Waals surface area (Å²) in [5.74, 6) is 0.653. The van der Waals surface area contributed by atoms with Crippen LogP contribution in [0.4, 0.5) is 5.69 Å². The van der Waals surface area contributed by atoms with Gasteiger partial charge in [-0.3, -0.25) is 0 Å². The van der Waals surface area contributed by atoms with E-state index < -0.39 is 0 Å². The van der Waals surface area contributed by atoms with Crippen LogP contribution in [0.25, 0.3) is 11.1 Å². The van der Waals surface area contributed by atoms with E-state index in [1.807, 2.05) is 18.2 Å². The average molecular weight is 287 g/mol. The third kappa shape index (κ3) is 2.04. The molecule has 3 aromatic rings. The highest BCUT2D eigenvalue weighted by atomic mass is 35.5. The highest BCUT2D eigenvalue weighted by Crippen LogP contribution is 2.34. The van der Waals surface area contributed by atoms with Gasteiger partial charge < -0.3 is 10.2 Å². The Bertz CT molecular complexity index is 724. The molecule has 3 rings (SSSR count). The zero-order valence-electron chi connectivity index (χ0n) is 11.4. The van der Waals surface area contributed by atoms with Crippen molar-refractivity contribution in [2.24, 2.45) is 0 Å². The molecule has 102 valence electrons.